The summed E-state index contributed by atoms with van der Waals surface area (Å²) in [6, 6.07) is 15.9. The molecule has 3 unspecified atom stereocenters. The number of rotatable bonds is 6. The van der Waals surface area contributed by atoms with E-state index in [0.717, 1.165) is 39.7 Å². The molecule has 2 aromatic rings. The van der Waals surface area contributed by atoms with E-state index in [0.29, 0.717) is 6.42 Å². The Bertz CT molecular complexity index is 1230. The van der Waals surface area contributed by atoms with Gasteiger partial charge in [0.15, 0.2) is 0 Å². The number of Topliss-reactive ketones (excluding diaryl/α,β-unsaturated/α-hetero) is 1. The van der Waals surface area contributed by atoms with Crippen LogP contribution in [-0.4, -0.2) is 37.8 Å². The van der Waals surface area contributed by atoms with Gasteiger partial charge in [0.1, 0.15) is 17.3 Å². The van der Waals surface area contributed by atoms with Gasteiger partial charge in [-0.15, -0.1) is 0 Å². The van der Waals surface area contributed by atoms with Crippen LogP contribution in [0.25, 0.3) is 5.70 Å². The molecule has 0 bridgehead atoms. The molecular formula is C29H28N2O3. The molecule has 2 aliphatic heterocycles. The van der Waals surface area contributed by atoms with Crippen LogP contribution in [0.2, 0.25) is 0 Å². The maximum atomic E-state index is 12.5. The van der Waals surface area contributed by atoms with E-state index < -0.39 is 0 Å². The largest absolute Gasteiger partial charge is 0.497 e. The SMILES string of the molecule is COc1ccc(C2=CC3=NC4C=CC=CC4C=C3C(CC(C)=O)N2c2ccc(OC)cc2)cc1. The average molecular weight is 453 g/mol. The minimum atomic E-state index is -0.160. The molecule has 0 saturated carbocycles. The Morgan fingerprint density at radius 2 is 1.59 bits per heavy atom. The highest BCUT2D eigenvalue weighted by Crippen LogP contribution is 2.40. The molecule has 34 heavy (non-hydrogen) atoms. The summed E-state index contributed by atoms with van der Waals surface area (Å²) in [5.74, 6) is 1.93. The van der Waals surface area contributed by atoms with Gasteiger partial charge in [-0.25, -0.2) is 0 Å². The Hall–Kier alpha value is -3.86. The summed E-state index contributed by atoms with van der Waals surface area (Å²) in [6.45, 7) is 1.66. The summed E-state index contributed by atoms with van der Waals surface area (Å²) >= 11 is 0. The zero-order valence-corrected chi connectivity index (χ0v) is 19.6. The molecule has 0 amide bonds. The van der Waals surface area contributed by atoms with Crippen LogP contribution in [0.3, 0.4) is 0 Å². The van der Waals surface area contributed by atoms with Crippen LogP contribution in [0, 0.1) is 5.92 Å². The summed E-state index contributed by atoms with van der Waals surface area (Å²) in [4.78, 5) is 19.9. The number of anilines is 1. The van der Waals surface area contributed by atoms with Crippen LogP contribution in [0.1, 0.15) is 18.9 Å². The van der Waals surface area contributed by atoms with Gasteiger partial charge in [0, 0.05) is 18.0 Å². The van der Waals surface area contributed by atoms with E-state index in [2.05, 4.69) is 53.5 Å². The lowest BCUT2D eigenvalue weighted by atomic mass is 9.81. The van der Waals surface area contributed by atoms with Crippen molar-refractivity contribution in [1.29, 1.82) is 0 Å². The van der Waals surface area contributed by atoms with Gasteiger partial charge >= 0.3 is 0 Å². The van der Waals surface area contributed by atoms with E-state index in [9.17, 15) is 4.79 Å². The third kappa shape index (κ3) is 4.10. The zero-order valence-electron chi connectivity index (χ0n) is 19.6. The van der Waals surface area contributed by atoms with Crippen LogP contribution in [0.15, 0.2) is 95.6 Å². The summed E-state index contributed by atoms with van der Waals surface area (Å²) in [5, 5.41) is 0. The van der Waals surface area contributed by atoms with Crippen LogP contribution < -0.4 is 14.4 Å². The number of fused-ring (bicyclic) bond motifs is 2. The van der Waals surface area contributed by atoms with E-state index in [-0.39, 0.29) is 23.8 Å². The minimum Gasteiger partial charge on any atom is -0.497 e. The number of ether oxygens (including phenoxy) is 2. The van der Waals surface area contributed by atoms with Crippen molar-refractivity contribution in [1.82, 2.24) is 0 Å². The predicted molar refractivity (Wildman–Crippen MR) is 137 cm³/mol. The fraction of sp³-hybridized carbons (Fsp3) is 0.241. The first-order valence-corrected chi connectivity index (χ1v) is 11.5. The molecule has 0 spiro atoms. The molecule has 1 aliphatic carbocycles. The molecule has 2 aromatic carbocycles. The number of hydrogen-bond donors (Lipinski definition) is 0. The molecule has 5 nitrogen and oxygen atoms in total. The van der Waals surface area contributed by atoms with Crippen molar-refractivity contribution >= 4 is 22.9 Å². The van der Waals surface area contributed by atoms with Crippen molar-refractivity contribution in [2.75, 3.05) is 19.1 Å². The minimum absolute atomic E-state index is 0.0858. The lowest BCUT2D eigenvalue weighted by Gasteiger charge is -2.42. The van der Waals surface area contributed by atoms with Crippen molar-refractivity contribution in [3.8, 4) is 11.5 Å². The molecule has 2 heterocycles. The number of carbonyl (C=O) groups excluding carboxylic acids is 1. The third-order valence-corrected chi connectivity index (χ3v) is 6.52. The predicted octanol–water partition coefficient (Wildman–Crippen LogP) is 5.40. The molecule has 5 rings (SSSR count). The smallest absolute Gasteiger partial charge is 0.132 e. The Kier molecular flexibility index (Phi) is 5.93. The number of benzene rings is 2. The second-order valence-electron chi connectivity index (χ2n) is 8.72. The van der Waals surface area contributed by atoms with Gasteiger partial charge in [-0.1, -0.05) is 30.4 Å². The lowest BCUT2D eigenvalue weighted by molar-refractivity contribution is -0.117. The second kappa shape index (κ2) is 9.18. The monoisotopic (exact) mass is 452 g/mol. The van der Waals surface area contributed by atoms with E-state index in [1.54, 1.807) is 21.1 Å². The quantitative estimate of drug-likeness (QED) is 0.589. The molecule has 3 atom stereocenters. The fourth-order valence-electron chi connectivity index (χ4n) is 4.85. The van der Waals surface area contributed by atoms with E-state index in [4.69, 9.17) is 14.5 Å². The van der Waals surface area contributed by atoms with Crippen molar-refractivity contribution in [2.24, 2.45) is 10.9 Å². The lowest BCUT2D eigenvalue weighted by Crippen LogP contribution is -2.44. The molecule has 0 aromatic heterocycles. The number of aliphatic imine (C=N–C) groups is 1. The van der Waals surface area contributed by atoms with E-state index in [1.165, 1.54) is 0 Å². The van der Waals surface area contributed by atoms with Crippen LogP contribution >= 0.6 is 0 Å². The van der Waals surface area contributed by atoms with Gasteiger partial charge in [0.25, 0.3) is 0 Å². The van der Waals surface area contributed by atoms with E-state index in [1.807, 2.05) is 36.4 Å². The fourth-order valence-corrected chi connectivity index (χ4v) is 4.85. The van der Waals surface area contributed by atoms with Gasteiger partial charge in [-0.3, -0.25) is 9.79 Å². The van der Waals surface area contributed by atoms with Gasteiger partial charge in [0.05, 0.1) is 37.7 Å². The van der Waals surface area contributed by atoms with E-state index >= 15 is 0 Å². The van der Waals surface area contributed by atoms with Crippen molar-refractivity contribution in [3.05, 3.63) is 96.1 Å². The third-order valence-electron chi connectivity index (χ3n) is 6.52. The van der Waals surface area contributed by atoms with Crippen molar-refractivity contribution in [2.45, 2.75) is 25.4 Å². The topological polar surface area (TPSA) is 51.1 Å². The molecular weight excluding hydrogens is 424 g/mol. The summed E-state index contributed by atoms with van der Waals surface area (Å²) in [5.41, 5.74) is 5.08. The number of carbonyl (C=O) groups is 1. The van der Waals surface area contributed by atoms with Crippen LogP contribution in [-0.2, 0) is 4.79 Å². The second-order valence-corrected chi connectivity index (χ2v) is 8.72. The Labute approximate surface area is 200 Å². The number of allylic oxidation sites excluding steroid dienone is 3. The molecule has 0 fully saturated rings. The van der Waals surface area contributed by atoms with Crippen LogP contribution in [0.5, 0.6) is 11.5 Å². The highest BCUT2D eigenvalue weighted by molar-refractivity contribution is 6.18. The zero-order chi connectivity index (χ0) is 23.7. The van der Waals surface area contributed by atoms with Crippen molar-refractivity contribution in [3.63, 3.8) is 0 Å². The summed E-state index contributed by atoms with van der Waals surface area (Å²) in [6.07, 6.45) is 13.3. The first kappa shape index (κ1) is 22.0. The number of methoxy groups -OCH3 is 2. The Morgan fingerprint density at radius 3 is 2.24 bits per heavy atom. The van der Waals surface area contributed by atoms with Gasteiger partial charge in [0.2, 0.25) is 0 Å². The van der Waals surface area contributed by atoms with Gasteiger partial charge in [-0.05, 0) is 72.7 Å². The summed E-state index contributed by atoms with van der Waals surface area (Å²) < 4.78 is 10.8. The molecule has 0 saturated heterocycles. The molecule has 5 heteroatoms. The first-order valence-electron chi connectivity index (χ1n) is 11.5. The molecule has 172 valence electrons. The normalized spacial score (nSPS) is 22.7. The first-order chi connectivity index (χ1) is 16.6. The molecule has 0 N–H and O–H groups in total. The maximum absolute atomic E-state index is 12.5. The number of hydrogen-bond acceptors (Lipinski definition) is 5. The van der Waals surface area contributed by atoms with Gasteiger partial charge < -0.3 is 14.4 Å². The van der Waals surface area contributed by atoms with Crippen molar-refractivity contribution < 1.29 is 14.3 Å². The Morgan fingerprint density at radius 1 is 0.941 bits per heavy atom. The number of nitrogens with zero attached hydrogens (tertiary/aromatic N) is 2. The average Bonchev–Trinajstić information content (AvgIpc) is 2.87. The highest BCUT2D eigenvalue weighted by atomic mass is 16.5. The molecule has 3 aliphatic rings. The van der Waals surface area contributed by atoms with Gasteiger partial charge in [-0.2, -0.15) is 0 Å². The maximum Gasteiger partial charge on any atom is 0.132 e. The number of dihydropyridines is 1. The number of ketones is 1. The molecule has 0 radical (unpaired) electrons. The van der Waals surface area contributed by atoms with Crippen LogP contribution in [0.4, 0.5) is 5.69 Å². The highest BCUT2D eigenvalue weighted by Gasteiger charge is 2.37. The standard InChI is InChI=1S/C29H28N2O3/c1-19(32)16-29-25-17-21-6-4-5-7-26(21)30-27(25)18-28(20-8-12-23(33-2)13-9-20)31(29)22-10-14-24(34-3)15-11-22/h4-15,17-18,21,26,29H,16H2,1-3H3. The summed E-state index contributed by atoms with van der Waals surface area (Å²) in [7, 11) is 3.33. The Balaban J connectivity index is 1.69.